The maximum Gasteiger partial charge on any atom is 0.410 e. The summed E-state index contributed by atoms with van der Waals surface area (Å²) in [7, 11) is 0. The number of fused-ring (bicyclic) bond motifs is 1. The second-order valence-electron chi connectivity index (χ2n) is 8.61. The quantitative estimate of drug-likeness (QED) is 0.702. The molecule has 3 heterocycles. The van der Waals surface area contributed by atoms with E-state index in [0.29, 0.717) is 19.6 Å². The molecule has 1 N–H and O–H groups in total. The normalized spacial score (nSPS) is 17.2. The van der Waals surface area contributed by atoms with Crippen molar-refractivity contribution in [2.24, 2.45) is 0 Å². The summed E-state index contributed by atoms with van der Waals surface area (Å²) in [4.78, 5) is 23.2. The molecule has 0 aliphatic carbocycles. The molecule has 0 radical (unpaired) electrons. The van der Waals surface area contributed by atoms with Crippen LogP contribution < -0.4 is 5.32 Å². The van der Waals surface area contributed by atoms with E-state index in [4.69, 9.17) is 4.74 Å². The monoisotopic (exact) mass is 408 g/mol. The van der Waals surface area contributed by atoms with E-state index in [1.165, 1.54) is 5.56 Å². The number of nitrogens with one attached hydrogen (secondary N) is 1. The van der Waals surface area contributed by atoms with Crippen molar-refractivity contribution in [1.82, 2.24) is 24.6 Å². The van der Waals surface area contributed by atoms with Gasteiger partial charge in [0.2, 0.25) is 0 Å². The van der Waals surface area contributed by atoms with Crippen molar-refractivity contribution >= 4 is 22.9 Å². The average Bonchev–Trinajstić information content (AvgIpc) is 3.17. The van der Waals surface area contributed by atoms with Gasteiger partial charge >= 0.3 is 6.09 Å². The molecule has 8 nitrogen and oxygen atoms in total. The Morgan fingerprint density at radius 3 is 2.80 bits per heavy atom. The van der Waals surface area contributed by atoms with Crippen molar-refractivity contribution in [2.75, 3.05) is 18.4 Å². The van der Waals surface area contributed by atoms with Crippen LogP contribution in [0.25, 0.3) is 11.0 Å². The predicted molar refractivity (Wildman–Crippen MR) is 115 cm³/mol. The minimum Gasteiger partial charge on any atom is -0.444 e. The Bertz CT molecular complexity index is 1010. The Morgan fingerprint density at radius 1 is 1.23 bits per heavy atom. The number of rotatable bonds is 4. The van der Waals surface area contributed by atoms with Gasteiger partial charge in [0.1, 0.15) is 17.7 Å². The van der Waals surface area contributed by atoms with Crippen molar-refractivity contribution in [3.05, 3.63) is 48.4 Å². The molecule has 0 unspecified atom stereocenters. The van der Waals surface area contributed by atoms with E-state index >= 15 is 0 Å². The fourth-order valence-electron chi connectivity index (χ4n) is 3.70. The molecular formula is C22H28N6O2. The van der Waals surface area contributed by atoms with Gasteiger partial charge in [0.15, 0.2) is 5.65 Å². The van der Waals surface area contributed by atoms with Gasteiger partial charge in [-0.25, -0.2) is 19.4 Å². The number of ether oxygens (including phenoxy) is 1. The molecule has 1 aromatic carbocycles. The summed E-state index contributed by atoms with van der Waals surface area (Å²) in [6.45, 7) is 7.58. The molecule has 1 aliphatic rings. The zero-order valence-electron chi connectivity index (χ0n) is 17.7. The lowest BCUT2D eigenvalue weighted by Crippen LogP contribution is -2.43. The Kier molecular flexibility index (Phi) is 5.57. The minimum atomic E-state index is -0.505. The molecule has 8 heteroatoms. The molecule has 30 heavy (non-hydrogen) atoms. The number of aromatic nitrogens is 4. The van der Waals surface area contributed by atoms with E-state index in [1.807, 2.05) is 43.7 Å². The Hall–Kier alpha value is -3.16. The SMILES string of the molecule is CC(C)(C)OC(=O)N1CCC[C@@H](n2ncc3c(NCc4ccccc4)ncnc32)C1. The molecule has 1 amide bonds. The first-order chi connectivity index (χ1) is 14.4. The van der Waals surface area contributed by atoms with Crippen LogP contribution in [-0.4, -0.2) is 49.4 Å². The molecule has 1 saturated heterocycles. The maximum absolute atomic E-state index is 12.5. The van der Waals surface area contributed by atoms with Gasteiger partial charge in [-0.3, -0.25) is 0 Å². The first kappa shape index (κ1) is 20.1. The highest BCUT2D eigenvalue weighted by molar-refractivity contribution is 5.86. The van der Waals surface area contributed by atoms with E-state index in [1.54, 1.807) is 17.4 Å². The van der Waals surface area contributed by atoms with Crippen molar-refractivity contribution in [2.45, 2.75) is 51.8 Å². The van der Waals surface area contributed by atoms with Crippen molar-refractivity contribution in [3.63, 3.8) is 0 Å². The molecule has 1 aliphatic heterocycles. The molecule has 1 fully saturated rings. The van der Waals surface area contributed by atoms with E-state index in [0.717, 1.165) is 29.7 Å². The zero-order chi connectivity index (χ0) is 21.1. The van der Waals surface area contributed by atoms with Gasteiger partial charge in [0.25, 0.3) is 0 Å². The third kappa shape index (κ3) is 4.53. The van der Waals surface area contributed by atoms with Gasteiger partial charge in [-0.15, -0.1) is 0 Å². The van der Waals surface area contributed by atoms with Gasteiger partial charge in [-0.05, 0) is 39.2 Å². The lowest BCUT2D eigenvalue weighted by molar-refractivity contribution is 0.0169. The summed E-state index contributed by atoms with van der Waals surface area (Å²) >= 11 is 0. The first-order valence-corrected chi connectivity index (χ1v) is 10.3. The number of carbonyl (C=O) groups excluding carboxylic acids is 1. The third-order valence-corrected chi connectivity index (χ3v) is 5.09. The number of piperidine rings is 1. The Balaban J connectivity index is 1.51. The molecule has 158 valence electrons. The number of anilines is 1. The second kappa shape index (κ2) is 8.30. The van der Waals surface area contributed by atoms with Crippen LogP contribution in [0.4, 0.5) is 10.6 Å². The van der Waals surface area contributed by atoms with E-state index < -0.39 is 5.60 Å². The standard InChI is InChI=1S/C22H28N6O2/c1-22(2,3)30-21(29)27-11-7-10-17(14-27)28-20-18(13-26-28)19(24-15-25-20)23-12-16-8-5-4-6-9-16/h4-6,8-9,13,15,17H,7,10-12,14H2,1-3H3,(H,23,24,25)/t17-/m1/s1. The number of hydrogen-bond donors (Lipinski definition) is 1. The van der Waals surface area contributed by atoms with Gasteiger partial charge in [0, 0.05) is 19.6 Å². The summed E-state index contributed by atoms with van der Waals surface area (Å²) in [5.41, 5.74) is 1.45. The lowest BCUT2D eigenvalue weighted by Gasteiger charge is -2.34. The molecule has 3 aromatic rings. The second-order valence-corrected chi connectivity index (χ2v) is 8.61. The predicted octanol–water partition coefficient (Wildman–Crippen LogP) is 4.01. The smallest absolute Gasteiger partial charge is 0.410 e. The molecule has 4 rings (SSSR count). The average molecular weight is 409 g/mol. The van der Waals surface area contributed by atoms with Crippen LogP contribution in [0.3, 0.4) is 0 Å². The molecule has 0 saturated carbocycles. The number of nitrogens with zero attached hydrogens (tertiary/aromatic N) is 5. The summed E-state index contributed by atoms with van der Waals surface area (Å²) in [6, 6.07) is 10.2. The van der Waals surface area contributed by atoms with Crippen molar-refractivity contribution < 1.29 is 9.53 Å². The highest BCUT2D eigenvalue weighted by Crippen LogP contribution is 2.27. The summed E-state index contributed by atoms with van der Waals surface area (Å²) in [5, 5.41) is 8.86. The van der Waals surface area contributed by atoms with E-state index in [-0.39, 0.29) is 12.1 Å². The minimum absolute atomic E-state index is 0.0561. The van der Waals surface area contributed by atoms with Crippen LogP contribution in [0.1, 0.15) is 45.2 Å². The summed E-state index contributed by atoms with van der Waals surface area (Å²) < 4.78 is 7.46. The van der Waals surface area contributed by atoms with Crippen LogP contribution in [0, 0.1) is 0 Å². The summed E-state index contributed by atoms with van der Waals surface area (Å²) in [5.74, 6) is 0.759. The number of carbonyl (C=O) groups is 1. The van der Waals surface area contributed by atoms with Gasteiger partial charge in [-0.1, -0.05) is 30.3 Å². The Labute approximate surface area is 176 Å². The Morgan fingerprint density at radius 2 is 2.03 bits per heavy atom. The van der Waals surface area contributed by atoms with Crippen LogP contribution in [-0.2, 0) is 11.3 Å². The number of likely N-dealkylation sites (tertiary alicyclic amines) is 1. The number of amides is 1. The zero-order valence-corrected chi connectivity index (χ0v) is 17.7. The number of benzene rings is 1. The first-order valence-electron chi connectivity index (χ1n) is 10.3. The third-order valence-electron chi connectivity index (χ3n) is 5.09. The summed E-state index contributed by atoms with van der Waals surface area (Å²) in [6.07, 6.45) is 4.92. The maximum atomic E-state index is 12.5. The van der Waals surface area contributed by atoms with Crippen LogP contribution >= 0.6 is 0 Å². The highest BCUT2D eigenvalue weighted by atomic mass is 16.6. The van der Waals surface area contributed by atoms with Gasteiger partial charge < -0.3 is 15.0 Å². The lowest BCUT2D eigenvalue weighted by atomic mass is 10.1. The van der Waals surface area contributed by atoms with Gasteiger partial charge in [0.05, 0.1) is 17.6 Å². The van der Waals surface area contributed by atoms with Crippen molar-refractivity contribution in [1.29, 1.82) is 0 Å². The van der Waals surface area contributed by atoms with E-state index in [9.17, 15) is 4.79 Å². The fraction of sp³-hybridized carbons (Fsp3) is 0.455. The molecular weight excluding hydrogens is 380 g/mol. The largest absolute Gasteiger partial charge is 0.444 e. The molecule has 0 bridgehead atoms. The van der Waals surface area contributed by atoms with Crippen LogP contribution in [0.15, 0.2) is 42.9 Å². The van der Waals surface area contributed by atoms with Gasteiger partial charge in [-0.2, -0.15) is 5.10 Å². The van der Waals surface area contributed by atoms with E-state index in [2.05, 4.69) is 32.5 Å². The topological polar surface area (TPSA) is 85.2 Å². The molecule has 0 spiro atoms. The van der Waals surface area contributed by atoms with Crippen LogP contribution in [0.5, 0.6) is 0 Å². The molecule has 2 aromatic heterocycles. The highest BCUT2D eigenvalue weighted by Gasteiger charge is 2.29. The van der Waals surface area contributed by atoms with Crippen molar-refractivity contribution in [3.8, 4) is 0 Å². The fourth-order valence-corrected chi connectivity index (χ4v) is 3.70. The van der Waals surface area contributed by atoms with Crippen LogP contribution in [0.2, 0.25) is 0 Å². The number of hydrogen-bond acceptors (Lipinski definition) is 6. The molecule has 1 atom stereocenters.